The molecular formula is C12H20F3NO. The Morgan fingerprint density at radius 2 is 1.76 bits per heavy atom. The first kappa shape index (κ1) is 13.1. The molecule has 1 aliphatic carbocycles. The minimum Gasteiger partial charge on any atom is -0.380 e. The van der Waals surface area contributed by atoms with Crippen molar-refractivity contribution >= 4 is 0 Å². The summed E-state index contributed by atoms with van der Waals surface area (Å²) in [5.74, 6) is -1.08. The zero-order valence-corrected chi connectivity index (χ0v) is 10.1. The molecule has 2 fully saturated rings. The first-order valence-electron chi connectivity index (χ1n) is 6.27. The summed E-state index contributed by atoms with van der Waals surface area (Å²) in [5.41, 5.74) is 0.195. The van der Waals surface area contributed by atoms with Gasteiger partial charge in [-0.3, -0.25) is 0 Å². The Bertz CT molecular complexity index is 255. The van der Waals surface area contributed by atoms with E-state index in [0.717, 1.165) is 19.8 Å². The molecule has 0 aromatic heterocycles. The number of nitrogens with one attached hydrogen (secondary N) is 1. The second-order valence-electron chi connectivity index (χ2n) is 5.77. The van der Waals surface area contributed by atoms with Crippen molar-refractivity contribution < 1.29 is 17.9 Å². The molecule has 2 aliphatic rings. The topological polar surface area (TPSA) is 21.3 Å². The van der Waals surface area contributed by atoms with Gasteiger partial charge in [0.2, 0.25) is 0 Å². The second-order valence-corrected chi connectivity index (χ2v) is 5.77. The molecule has 0 aromatic rings. The third-order valence-corrected chi connectivity index (χ3v) is 3.91. The Hall–Kier alpha value is -0.290. The van der Waals surface area contributed by atoms with Crippen LogP contribution < -0.4 is 5.32 Å². The monoisotopic (exact) mass is 251 g/mol. The van der Waals surface area contributed by atoms with Crippen LogP contribution in [0.1, 0.15) is 32.6 Å². The first-order chi connectivity index (χ1) is 7.89. The lowest BCUT2D eigenvalue weighted by molar-refractivity contribution is -0.183. The van der Waals surface area contributed by atoms with Crippen LogP contribution in [0, 0.1) is 11.3 Å². The van der Waals surface area contributed by atoms with Crippen LogP contribution in [0.3, 0.4) is 0 Å². The SMILES string of the molecule is CC1(CNC2CCC(C(F)(F)F)CC2)COC1. The molecule has 0 aromatic carbocycles. The van der Waals surface area contributed by atoms with Crippen LogP contribution in [0.2, 0.25) is 0 Å². The lowest BCUT2D eigenvalue weighted by Crippen LogP contribution is -2.50. The number of halogens is 3. The highest BCUT2D eigenvalue weighted by molar-refractivity contribution is 4.86. The summed E-state index contributed by atoms with van der Waals surface area (Å²) in [5, 5.41) is 3.39. The van der Waals surface area contributed by atoms with E-state index in [9.17, 15) is 13.2 Å². The second kappa shape index (κ2) is 4.76. The largest absolute Gasteiger partial charge is 0.391 e. The van der Waals surface area contributed by atoms with E-state index in [2.05, 4.69) is 12.2 Å². The van der Waals surface area contributed by atoms with Crippen LogP contribution in [0.4, 0.5) is 13.2 Å². The van der Waals surface area contributed by atoms with Crippen molar-refractivity contribution in [1.82, 2.24) is 5.32 Å². The number of hydrogen-bond donors (Lipinski definition) is 1. The molecule has 1 heterocycles. The Balaban J connectivity index is 1.69. The predicted molar refractivity (Wildman–Crippen MR) is 58.7 cm³/mol. The Morgan fingerprint density at radius 3 is 2.18 bits per heavy atom. The van der Waals surface area contributed by atoms with Crippen molar-refractivity contribution in [1.29, 1.82) is 0 Å². The van der Waals surface area contributed by atoms with Crippen molar-refractivity contribution in [3.05, 3.63) is 0 Å². The lowest BCUT2D eigenvalue weighted by atomic mass is 9.84. The van der Waals surface area contributed by atoms with Gasteiger partial charge in [-0.1, -0.05) is 6.92 Å². The normalized spacial score (nSPS) is 33.2. The Labute approximate surface area is 99.9 Å². The standard InChI is InChI=1S/C12H20F3NO/c1-11(7-17-8-11)6-16-10-4-2-9(3-5-10)12(13,14)15/h9-10,16H,2-8H2,1H3. The predicted octanol–water partition coefficient (Wildman–Crippen LogP) is 2.73. The van der Waals surface area contributed by atoms with Gasteiger partial charge in [0.25, 0.3) is 0 Å². The van der Waals surface area contributed by atoms with Gasteiger partial charge < -0.3 is 10.1 Å². The molecule has 1 aliphatic heterocycles. The third kappa shape index (κ3) is 3.35. The number of hydrogen-bond acceptors (Lipinski definition) is 2. The van der Waals surface area contributed by atoms with Crippen LogP contribution in [-0.4, -0.2) is 32.0 Å². The molecule has 1 saturated carbocycles. The summed E-state index contributed by atoms with van der Waals surface area (Å²) in [6.07, 6.45) is -2.18. The van der Waals surface area contributed by atoms with Crippen molar-refractivity contribution in [3.63, 3.8) is 0 Å². The number of alkyl halides is 3. The van der Waals surface area contributed by atoms with Gasteiger partial charge in [-0.15, -0.1) is 0 Å². The lowest BCUT2D eigenvalue weighted by Gasteiger charge is -2.40. The average Bonchev–Trinajstić information content (AvgIpc) is 2.23. The van der Waals surface area contributed by atoms with Crippen LogP contribution in [-0.2, 0) is 4.74 Å². The highest BCUT2D eigenvalue weighted by Crippen LogP contribution is 2.37. The summed E-state index contributed by atoms with van der Waals surface area (Å²) in [7, 11) is 0. The molecule has 17 heavy (non-hydrogen) atoms. The number of ether oxygens (including phenoxy) is 1. The molecule has 0 spiro atoms. The molecule has 1 N–H and O–H groups in total. The van der Waals surface area contributed by atoms with E-state index >= 15 is 0 Å². The van der Waals surface area contributed by atoms with Gasteiger partial charge in [0.15, 0.2) is 0 Å². The molecule has 0 bridgehead atoms. The summed E-state index contributed by atoms with van der Waals surface area (Å²) in [6.45, 7) is 4.52. The van der Waals surface area contributed by atoms with E-state index in [-0.39, 0.29) is 24.3 Å². The minimum absolute atomic E-state index is 0.195. The maximum absolute atomic E-state index is 12.5. The van der Waals surface area contributed by atoms with Gasteiger partial charge in [0.1, 0.15) is 0 Å². The fourth-order valence-corrected chi connectivity index (χ4v) is 2.57. The van der Waals surface area contributed by atoms with Crippen LogP contribution in [0.15, 0.2) is 0 Å². The highest BCUT2D eigenvalue weighted by Gasteiger charge is 2.41. The zero-order valence-electron chi connectivity index (χ0n) is 10.1. The molecule has 2 nitrogen and oxygen atoms in total. The minimum atomic E-state index is -4.00. The molecule has 0 radical (unpaired) electrons. The molecule has 0 unspecified atom stereocenters. The first-order valence-corrected chi connectivity index (χ1v) is 6.27. The smallest absolute Gasteiger partial charge is 0.380 e. The Kier molecular flexibility index (Phi) is 3.69. The van der Waals surface area contributed by atoms with Gasteiger partial charge in [0, 0.05) is 18.0 Å². The zero-order chi connectivity index (χ0) is 12.5. The number of rotatable bonds is 3. The fraction of sp³-hybridized carbons (Fsp3) is 1.00. The van der Waals surface area contributed by atoms with E-state index in [4.69, 9.17) is 4.74 Å². The van der Waals surface area contributed by atoms with Gasteiger partial charge in [-0.25, -0.2) is 0 Å². The molecule has 2 rings (SSSR count). The molecule has 5 heteroatoms. The van der Waals surface area contributed by atoms with E-state index < -0.39 is 12.1 Å². The molecule has 0 amide bonds. The van der Waals surface area contributed by atoms with E-state index in [1.54, 1.807) is 0 Å². The maximum Gasteiger partial charge on any atom is 0.391 e. The third-order valence-electron chi connectivity index (χ3n) is 3.91. The molecule has 1 saturated heterocycles. The quantitative estimate of drug-likeness (QED) is 0.832. The van der Waals surface area contributed by atoms with Crippen molar-refractivity contribution in [2.24, 2.45) is 11.3 Å². The van der Waals surface area contributed by atoms with Crippen LogP contribution in [0.25, 0.3) is 0 Å². The summed E-state index contributed by atoms with van der Waals surface area (Å²) in [4.78, 5) is 0. The van der Waals surface area contributed by atoms with E-state index in [0.29, 0.717) is 12.8 Å². The van der Waals surface area contributed by atoms with Gasteiger partial charge in [-0.2, -0.15) is 13.2 Å². The van der Waals surface area contributed by atoms with Gasteiger partial charge >= 0.3 is 6.18 Å². The Morgan fingerprint density at radius 1 is 1.18 bits per heavy atom. The van der Waals surface area contributed by atoms with Crippen molar-refractivity contribution in [3.8, 4) is 0 Å². The summed E-state index contributed by atoms with van der Waals surface area (Å²) in [6, 6.07) is 0.256. The van der Waals surface area contributed by atoms with E-state index in [1.807, 2.05) is 0 Å². The summed E-state index contributed by atoms with van der Waals surface area (Å²) < 4.78 is 42.6. The van der Waals surface area contributed by atoms with Crippen LogP contribution >= 0.6 is 0 Å². The van der Waals surface area contributed by atoms with Gasteiger partial charge in [0.05, 0.1) is 19.1 Å². The van der Waals surface area contributed by atoms with Crippen molar-refractivity contribution in [2.45, 2.75) is 44.8 Å². The van der Waals surface area contributed by atoms with E-state index in [1.165, 1.54) is 0 Å². The highest BCUT2D eigenvalue weighted by atomic mass is 19.4. The van der Waals surface area contributed by atoms with Crippen LogP contribution in [0.5, 0.6) is 0 Å². The van der Waals surface area contributed by atoms with Crippen molar-refractivity contribution in [2.75, 3.05) is 19.8 Å². The molecule has 100 valence electrons. The fourth-order valence-electron chi connectivity index (χ4n) is 2.57. The van der Waals surface area contributed by atoms with Gasteiger partial charge in [-0.05, 0) is 25.7 Å². The summed E-state index contributed by atoms with van der Waals surface area (Å²) >= 11 is 0. The average molecular weight is 251 g/mol. The molecule has 0 atom stereocenters. The molecular weight excluding hydrogens is 231 g/mol. The maximum atomic E-state index is 12.5.